The van der Waals surface area contributed by atoms with Crippen LogP contribution in [0.1, 0.15) is 125 Å². The van der Waals surface area contributed by atoms with Crippen molar-refractivity contribution in [2.45, 2.75) is 86.4 Å². The van der Waals surface area contributed by atoms with E-state index in [1.54, 1.807) is 85.4 Å². The molecule has 16 heterocycles. The number of nitrogens with two attached hydrogens (primary N) is 4. The third kappa shape index (κ3) is 14.6. The van der Waals surface area contributed by atoms with Crippen molar-refractivity contribution >= 4 is 46.5 Å². The Morgan fingerprint density at radius 3 is 1.33 bits per heavy atom. The summed E-state index contributed by atoms with van der Waals surface area (Å²) in [6.07, 6.45) is 11.0. The van der Waals surface area contributed by atoms with E-state index in [1.807, 2.05) is 131 Å². The molecule has 8 N–H and O–H groups in total. The van der Waals surface area contributed by atoms with Gasteiger partial charge in [-0.1, -0.05) is 76.8 Å². The Hall–Kier alpha value is -17.1. The number of hydrogen-bond acceptors (Lipinski definition) is 31. The fourth-order valence-electron chi connectivity index (χ4n) is 15.2. The van der Waals surface area contributed by atoms with Gasteiger partial charge in [0.2, 0.25) is 11.8 Å². The van der Waals surface area contributed by atoms with Crippen LogP contribution in [0.15, 0.2) is 141 Å². The first-order valence-electron chi connectivity index (χ1n) is 39.1. The maximum absolute atomic E-state index is 9.83. The predicted octanol–water partition coefficient (Wildman–Crippen LogP) is 12.8. The minimum atomic E-state index is -0.551. The maximum Gasteiger partial charge on any atom is 0.258 e. The normalized spacial score (nSPS) is 14.7. The summed E-state index contributed by atoms with van der Waals surface area (Å²) >= 11 is 6.70. The first-order chi connectivity index (χ1) is 60.7. The van der Waals surface area contributed by atoms with Gasteiger partial charge in [0.15, 0.2) is 40.5 Å². The minimum Gasteiger partial charge on any atom is -0.467 e. The summed E-state index contributed by atoms with van der Waals surface area (Å²) in [7, 11) is 8.64. The summed E-state index contributed by atoms with van der Waals surface area (Å²) in [5.74, 6) is 3.81. The van der Waals surface area contributed by atoms with Crippen molar-refractivity contribution in [3.63, 3.8) is 0 Å². The molecule has 0 amide bonds. The monoisotopic (exact) mass is 1700 g/mol. The topological polar surface area (TPSA) is 504 Å². The quantitative estimate of drug-likeness (QED) is 0.110. The van der Waals surface area contributed by atoms with Crippen molar-refractivity contribution < 1.29 is 28.4 Å². The molecule has 126 heavy (non-hydrogen) atoms. The summed E-state index contributed by atoms with van der Waals surface area (Å²) < 4.78 is 49.9. The van der Waals surface area contributed by atoms with E-state index in [2.05, 4.69) is 129 Å². The van der Waals surface area contributed by atoms with Crippen LogP contribution in [-0.4, -0.2) is 125 Å². The first kappa shape index (κ1) is 81.3. The van der Waals surface area contributed by atoms with Crippen LogP contribution in [-0.2, 0) is 34.7 Å². The zero-order valence-corrected chi connectivity index (χ0v) is 70.7. The smallest absolute Gasteiger partial charge is 0.258 e. The van der Waals surface area contributed by atoms with Gasteiger partial charge in [-0.3, -0.25) is 23.4 Å². The van der Waals surface area contributed by atoms with Crippen LogP contribution in [0, 0.1) is 73.0 Å². The molecule has 0 saturated carbocycles. The SMILES string of the molecule is Cc1ccc2c(c1)[C@@H](C)Oc1nc(cnc1N)-c1c(nn(C)c1C#N)Cn1nccc1-2.Cc1ccc2c(c1)[C@@H](C)Oc1nc(cnc1N)-c1c(nn(C)c1C#N)N(C)c1ccnn1-2.Cc1ccc2c(c1)[C@@H](C)Oc1nc(cnc1N)-c1c(nn(C)c1C#N)Oc1ccnn1-2.Cc1ccc2c(c1Cl)[C@@H](C)Oc1nc(cnc1N)-c1c(nn(C)c1C#N)Oc1ccnn1-2. The Labute approximate surface area is 723 Å². The highest BCUT2D eigenvalue weighted by Gasteiger charge is 2.34. The molecule has 0 radical (unpaired) electrons. The van der Waals surface area contributed by atoms with E-state index in [9.17, 15) is 21.0 Å². The Morgan fingerprint density at radius 1 is 0.413 bits per heavy atom. The zero-order chi connectivity index (χ0) is 88.5. The van der Waals surface area contributed by atoms with Gasteiger partial charge in [0.1, 0.15) is 88.4 Å². The zero-order valence-electron chi connectivity index (χ0n) is 69.9. The van der Waals surface area contributed by atoms with Gasteiger partial charge in [-0.25, -0.2) is 53.9 Å². The third-order valence-electron chi connectivity index (χ3n) is 21.4. The summed E-state index contributed by atoms with van der Waals surface area (Å²) in [5.41, 5.74) is 41.6. The Bertz CT molecular complexity index is 7030. The number of nitriles is 4. The highest BCUT2D eigenvalue weighted by molar-refractivity contribution is 6.32. The van der Waals surface area contributed by atoms with E-state index >= 15 is 0 Å². The average Bonchev–Trinajstić information content (AvgIpc) is 1.58. The summed E-state index contributed by atoms with van der Waals surface area (Å²) in [6.45, 7) is 16.0. The number of anilines is 6. The number of nitrogen functional groups attached to an aromatic ring is 4. The van der Waals surface area contributed by atoms with Crippen LogP contribution >= 0.6 is 11.6 Å². The molecule has 8 bridgehead atoms. The van der Waals surface area contributed by atoms with Gasteiger partial charge in [-0.15, -0.1) is 10.2 Å². The first-order valence-corrected chi connectivity index (χ1v) is 39.5. The van der Waals surface area contributed by atoms with Crippen molar-refractivity contribution in [2.24, 2.45) is 28.2 Å². The predicted molar refractivity (Wildman–Crippen MR) is 459 cm³/mol. The van der Waals surface area contributed by atoms with Gasteiger partial charge in [0, 0.05) is 87.5 Å². The molecule has 0 saturated heterocycles. The van der Waals surface area contributed by atoms with Gasteiger partial charge in [0.25, 0.3) is 35.3 Å². The Balaban J connectivity index is 0.000000119. The number of hydrogen-bond donors (Lipinski definition) is 4. The number of halogens is 1. The lowest BCUT2D eigenvalue weighted by molar-refractivity contribution is 0.217. The van der Waals surface area contributed by atoms with Crippen LogP contribution in [0.4, 0.5) is 34.9 Å². The van der Waals surface area contributed by atoms with Crippen LogP contribution in [0.5, 0.6) is 47.0 Å². The van der Waals surface area contributed by atoms with Gasteiger partial charge in [0.05, 0.1) is 106 Å². The maximum atomic E-state index is 9.83. The van der Waals surface area contributed by atoms with Crippen molar-refractivity contribution in [3.8, 4) is 145 Å². The van der Waals surface area contributed by atoms with E-state index in [4.69, 9.17) is 63.0 Å². The van der Waals surface area contributed by atoms with E-state index in [1.165, 1.54) is 32.6 Å². The number of nitrogens with zero attached hydrogens (tertiary/aromatic N) is 29. The molecule has 628 valence electrons. The van der Waals surface area contributed by atoms with Crippen molar-refractivity contribution in [1.29, 1.82) is 21.0 Å². The van der Waals surface area contributed by atoms with Crippen LogP contribution in [0.2, 0.25) is 5.02 Å². The van der Waals surface area contributed by atoms with Gasteiger partial charge >= 0.3 is 0 Å². The standard InChI is InChI=1S/C22H21N9O.C22H20N8O.C21H17ClN8O2.C21H18N8O2/c1-12-5-6-16-14(9-12)13(2)32-22-20(24)25-11-15(27-22)19-17(10-23)30(4)28-21(19)29(3)18-7-8-26-31(16)18;1-12-4-5-14-15(8-12)13(2)31-22-21(24)25-10-16(27-22)20-17(28-29(3)19(20)9-23)11-30-18(14)6-7-26-30;1-10-4-5-13-16(18(10)22)11(2)31-21-19(24)25-9-12(27-21)17-14(8-23)29(3)28-20(17)32-15-6-7-26-30(13)15;1-11-4-5-15-13(8-11)12(2)30-21-19(23)24-10-14(26-21)18-16(9-22)28(3)27-20(18)31-17-6-7-25-29(15)17/h5-9,11,13H,1-4H3,(H2,24,25);4-8,10,13H,11H2,1-3H3,(H2,24,25);4-7,9,11H,1-3H3,(H2,24,25);4-8,10,12H,1-3H3,(H2,23,24)/t2*13-;11-;12-/m1111/s1. The Morgan fingerprint density at radius 2 is 0.810 bits per heavy atom. The Kier molecular flexibility index (Phi) is 21.0. The fraction of sp³-hybridized carbons (Fsp3) is 0.209. The largest absolute Gasteiger partial charge is 0.467 e. The number of benzene rings is 4. The molecule has 4 atom stereocenters. The summed E-state index contributed by atoms with van der Waals surface area (Å²) in [4.78, 5) is 37.2. The van der Waals surface area contributed by atoms with E-state index in [0.29, 0.717) is 103 Å². The van der Waals surface area contributed by atoms with Crippen LogP contribution in [0.3, 0.4) is 0 Å². The molecule has 0 aliphatic carbocycles. The molecule has 0 fully saturated rings. The van der Waals surface area contributed by atoms with Crippen molar-refractivity contribution in [3.05, 3.63) is 219 Å². The molecule has 0 unspecified atom stereocenters. The molecule has 39 nitrogen and oxygen atoms in total. The molecule has 0 spiro atoms. The number of ether oxygens (including phenoxy) is 6. The molecule has 4 aliphatic rings. The van der Waals surface area contributed by atoms with E-state index < -0.39 is 12.2 Å². The molecule has 4 aromatic carbocycles. The fourth-order valence-corrected chi connectivity index (χ4v) is 15.5. The lowest BCUT2D eigenvalue weighted by Crippen LogP contribution is -2.19. The van der Waals surface area contributed by atoms with Gasteiger partial charge in [-0.2, -0.15) is 51.6 Å². The number of fused-ring (bicyclic) bond motifs is 28. The second-order valence-corrected chi connectivity index (χ2v) is 30.2. The van der Waals surface area contributed by atoms with Crippen molar-refractivity contribution in [1.82, 2.24) is 118 Å². The summed E-state index contributed by atoms with van der Waals surface area (Å²) in [5, 5.41) is 75.4. The van der Waals surface area contributed by atoms with Gasteiger partial charge < -0.3 is 56.3 Å². The minimum absolute atomic E-state index is 0.104. The molecule has 12 aromatic heterocycles. The third-order valence-corrected chi connectivity index (χ3v) is 21.9. The average molecular weight is 1700 g/mol. The second-order valence-electron chi connectivity index (χ2n) is 29.8. The van der Waals surface area contributed by atoms with Crippen LogP contribution in [0.25, 0.3) is 73.3 Å². The lowest BCUT2D eigenvalue weighted by Gasteiger charge is -2.24. The molecule has 20 rings (SSSR count). The molecular weight excluding hydrogens is 1630 g/mol. The van der Waals surface area contributed by atoms with E-state index in [-0.39, 0.29) is 82.1 Å². The second kappa shape index (κ2) is 32.5. The van der Waals surface area contributed by atoms with Gasteiger partial charge in [-0.05, 0) is 85.2 Å². The highest BCUT2D eigenvalue weighted by atomic mass is 35.5. The highest BCUT2D eigenvalue weighted by Crippen LogP contribution is 2.46. The van der Waals surface area contributed by atoms with E-state index in [0.717, 1.165) is 67.4 Å². The number of rotatable bonds is 0. The summed E-state index contributed by atoms with van der Waals surface area (Å²) in [6, 6.07) is 38.0. The molecule has 16 aromatic rings. The molecular formula is C86H76ClN33O6. The number of aryl methyl sites for hydroxylation is 8. The molecule has 4 aliphatic heterocycles. The van der Waals surface area contributed by atoms with Crippen molar-refractivity contribution in [2.75, 3.05) is 34.9 Å². The number of aromatic nitrogens is 24. The molecule has 40 heteroatoms. The lowest BCUT2D eigenvalue weighted by atomic mass is 9.98. The van der Waals surface area contributed by atoms with Crippen LogP contribution < -0.4 is 56.3 Å².